The summed E-state index contributed by atoms with van der Waals surface area (Å²) in [5.74, 6) is 1.42. The van der Waals surface area contributed by atoms with Crippen LogP contribution in [0.3, 0.4) is 0 Å². The van der Waals surface area contributed by atoms with Gasteiger partial charge in [-0.2, -0.15) is 0 Å². The summed E-state index contributed by atoms with van der Waals surface area (Å²) in [7, 11) is 0. The maximum absolute atomic E-state index is 2.89. The van der Waals surface area contributed by atoms with E-state index in [0.29, 0.717) is 0 Å². The molecule has 3 heteroatoms. The second-order valence-electron chi connectivity index (χ2n) is 2.58. The van der Waals surface area contributed by atoms with E-state index in [0.717, 1.165) is 0 Å². The molecule has 0 fully saturated rings. The molecule has 0 bridgehead atoms. The van der Waals surface area contributed by atoms with Crippen LogP contribution >= 0.6 is 0 Å². The van der Waals surface area contributed by atoms with Gasteiger partial charge < -0.3 is 34.0 Å². The van der Waals surface area contributed by atoms with Gasteiger partial charge in [0, 0.05) is 0 Å². The van der Waals surface area contributed by atoms with E-state index < -0.39 is 0 Å². The molecule has 0 saturated carbocycles. The van der Waals surface area contributed by atoms with E-state index in [-0.39, 0.29) is 57.9 Å². The molecule has 13 heavy (non-hydrogen) atoms. The van der Waals surface area contributed by atoms with Crippen molar-refractivity contribution in [3.8, 4) is 0 Å². The smallest absolute Gasteiger partial charge is 1.00 e. The molecule has 1 rings (SSSR count). The minimum absolute atomic E-state index is 0. The maximum Gasteiger partial charge on any atom is 2.00 e. The molecule has 1 aromatic carbocycles. The van der Waals surface area contributed by atoms with Gasteiger partial charge in [0.2, 0.25) is 0 Å². The number of benzene rings is 1. The summed E-state index contributed by atoms with van der Waals surface area (Å²) in [6.45, 7) is 6.25. The molecule has 0 heterocycles. The van der Waals surface area contributed by atoms with Crippen LogP contribution in [0, 0.1) is 12.0 Å². The Hall–Kier alpha value is 0.979. The van der Waals surface area contributed by atoms with Crippen LogP contribution in [0.5, 0.6) is 0 Å². The van der Waals surface area contributed by atoms with E-state index in [1.165, 1.54) is 5.92 Å². The van der Waals surface area contributed by atoms with E-state index in [4.69, 9.17) is 0 Å². The van der Waals surface area contributed by atoms with Crippen molar-refractivity contribution < 1.29 is 34.0 Å². The Morgan fingerprint density at radius 2 is 1.15 bits per heavy atom. The van der Waals surface area contributed by atoms with Gasteiger partial charge in [0.25, 0.3) is 0 Å². The van der Waals surface area contributed by atoms with Gasteiger partial charge in [-0.1, -0.05) is 51.1 Å². The summed E-state index contributed by atoms with van der Waals surface area (Å²) in [6, 6.07) is 12.5. The second kappa shape index (κ2) is 18.7. The number of hydrogen-bond acceptors (Lipinski definition) is 0. The van der Waals surface area contributed by atoms with Crippen LogP contribution in [-0.2, 0) is 0 Å². The van der Waals surface area contributed by atoms with E-state index in [2.05, 4.69) is 26.8 Å². The summed E-state index contributed by atoms with van der Waals surface area (Å²) < 4.78 is 0. The van der Waals surface area contributed by atoms with Gasteiger partial charge in [-0.25, -0.2) is 0 Å². The molecular weight excluding hydrogens is 399 g/mol. The number of halogens is 2. The average Bonchev–Trinajstić information content (AvgIpc) is 1.90. The largest absolute Gasteiger partial charge is 2.00 e. The Morgan fingerprint density at radius 3 is 1.23 bits per heavy atom. The molecule has 0 N–H and O–H groups in total. The van der Waals surface area contributed by atoms with Gasteiger partial charge >= 0.3 is 23.9 Å². The van der Waals surface area contributed by atoms with Gasteiger partial charge in [0.1, 0.15) is 0 Å². The predicted octanol–water partition coefficient (Wildman–Crippen LogP) is -3.27. The van der Waals surface area contributed by atoms with E-state index in [1.807, 2.05) is 30.3 Å². The normalized spacial score (nSPS) is 6.46. The Bertz CT molecular complexity index is 113. The van der Waals surface area contributed by atoms with Crippen molar-refractivity contribution in [3.63, 3.8) is 0 Å². The minimum Gasteiger partial charge on any atom is -1.00 e. The minimum atomic E-state index is 0. The van der Waals surface area contributed by atoms with Gasteiger partial charge in [-0.15, -0.1) is 0 Å². The molecule has 0 unspecified atom stereocenters. The molecule has 0 aliphatic rings. The molecule has 0 spiro atoms. The molecule has 0 aliphatic carbocycles. The SMILES string of the molecule is C[C](C)C.[Br-].[Br-].[Sn+2].[c]1ccccc1. The van der Waals surface area contributed by atoms with Gasteiger partial charge in [0.05, 0.1) is 0 Å². The maximum atomic E-state index is 2.89. The topological polar surface area (TPSA) is 0 Å². The quantitative estimate of drug-likeness (QED) is 0.393. The van der Waals surface area contributed by atoms with Crippen LogP contribution in [-0.4, -0.2) is 23.9 Å². The molecule has 0 atom stereocenters. The number of rotatable bonds is 0. The fourth-order valence-electron chi connectivity index (χ4n) is 0.342. The van der Waals surface area contributed by atoms with Crippen molar-refractivity contribution >= 4 is 23.9 Å². The van der Waals surface area contributed by atoms with Gasteiger partial charge in [-0.3, -0.25) is 0 Å². The standard InChI is InChI=1S/C6H5.C4H9.2BrH.Sn/c1-2-4-6-5-3-1;1-4(2)3;;;/h1-5H;1-3H3;2*1H;/q;;;;+2/p-2. The van der Waals surface area contributed by atoms with Crippen molar-refractivity contribution in [2.45, 2.75) is 20.8 Å². The van der Waals surface area contributed by atoms with Crippen molar-refractivity contribution in [3.05, 3.63) is 42.3 Å². The monoisotopic (exact) mass is 412 g/mol. The molecule has 0 amide bonds. The van der Waals surface area contributed by atoms with Crippen LogP contribution in [0.15, 0.2) is 30.3 Å². The molecular formula is C10H14Br2Sn. The molecule has 0 nitrogen and oxygen atoms in total. The van der Waals surface area contributed by atoms with Crippen LogP contribution < -0.4 is 34.0 Å². The predicted molar refractivity (Wildman–Crippen MR) is 51.3 cm³/mol. The first-order chi connectivity index (χ1) is 4.73. The summed E-state index contributed by atoms with van der Waals surface area (Å²) in [4.78, 5) is 0. The Morgan fingerprint density at radius 1 is 0.846 bits per heavy atom. The molecule has 4 radical (unpaired) electrons. The molecule has 0 aliphatic heterocycles. The van der Waals surface area contributed by atoms with Crippen molar-refractivity contribution in [1.82, 2.24) is 0 Å². The number of hydrogen-bond donors (Lipinski definition) is 0. The average molecular weight is 413 g/mol. The van der Waals surface area contributed by atoms with Crippen LogP contribution in [0.25, 0.3) is 0 Å². The van der Waals surface area contributed by atoms with Crippen LogP contribution in [0.4, 0.5) is 0 Å². The zero-order valence-corrected chi connectivity index (χ0v) is 14.2. The molecule has 0 aromatic heterocycles. The Kier molecular flexibility index (Phi) is 34.0. The zero-order valence-electron chi connectivity index (χ0n) is 8.14. The molecule has 72 valence electrons. The third-order valence-corrected chi connectivity index (χ3v) is 0.607. The van der Waals surface area contributed by atoms with Crippen molar-refractivity contribution in [2.24, 2.45) is 0 Å². The molecule has 1 aromatic rings. The Balaban J connectivity index is -0.0000000536. The summed E-state index contributed by atoms with van der Waals surface area (Å²) >= 11 is 0. The van der Waals surface area contributed by atoms with Gasteiger partial charge in [0.15, 0.2) is 0 Å². The van der Waals surface area contributed by atoms with Crippen LogP contribution in [0.2, 0.25) is 0 Å². The fraction of sp³-hybridized carbons (Fsp3) is 0.300. The van der Waals surface area contributed by atoms with Crippen molar-refractivity contribution in [1.29, 1.82) is 0 Å². The zero-order chi connectivity index (χ0) is 7.82. The summed E-state index contributed by atoms with van der Waals surface area (Å²) in [5, 5.41) is 0. The second-order valence-corrected chi connectivity index (χ2v) is 2.58. The first-order valence-corrected chi connectivity index (χ1v) is 3.41. The van der Waals surface area contributed by atoms with E-state index >= 15 is 0 Å². The van der Waals surface area contributed by atoms with E-state index in [9.17, 15) is 0 Å². The summed E-state index contributed by atoms with van der Waals surface area (Å²) in [5.41, 5.74) is 0. The fourth-order valence-corrected chi connectivity index (χ4v) is 0.342. The van der Waals surface area contributed by atoms with Gasteiger partial charge in [-0.05, 0) is 12.0 Å². The third kappa shape index (κ3) is 32.1. The molecule has 0 saturated heterocycles. The Labute approximate surface area is 120 Å². The van der Waals surface area contributed by atoms with Crippen molar-refractivity contribution in [2.75, 3.05) is 0 Å². The van der Waals surface area contributed by atoms with E-state index in [1.54, 1.807) is 0 Å². The first kappa shape index (κ1) is 23.6. The summed E-state index contributed by atoms with van der Waals surface area (Å²) in [6.07, 6.45) is 0. The first-order valence-electron chi connectivity index (χ1n) is 3.41. The third-order valence-electron chi connectivity index (χ3n) is 0.607. The van der Waals surface area contributed by atoms with Crippen LogP contribution in [0.1, 0.15) is 20.8 Å².